The second-order valence-electron chi connectivity index (χ2n) is 9.02. The minimum atomic E-state index is 0.197. The standard InChI is InChI=1S/C33H21N3Se2/c37-29-23(21-11-3-1-4-12-21)16-9-18-26(29)32-34-31(22-13-5-2-6-14-22)35-33(36-32)27-19-10-17-25-24-15-7-8-20-28(24)38-30(25)27/h1-20,37H. The maximum atomic E-state index is 5.11. The summed E-state index contributed by atoms with van der Waals surface area (Å²) in [6.07, 6.45) is 0. The summed E-state index contributed by atoms with van der Waals surface area (Å²) in [7, 11) is 0. The summed E-state index contributed by atoms with van der Waals surface area (Å²) in [5.41, 5.74) is 5.39. The van der Waals surface area contributed by atoms with E-state index in [9.17, 15) is 0 Å². The van der Waals surface area contributed by atoms with E-state index in [4.69, 9.17) is 15.0 Å². The summed E-state index contributed by atoms with van der Waals surface area (Å²) in [5.74, 6) is 2.09. The SMILES string of the molecule is [SeH]c1c(-c2ccccc2)cccc1-c1nc(-c2ccccc2)nc(-c2cccc3c2[se]c2ccccc23)n1. The Balaban J connectivity index is 1.48. The molecule has 0 unspecified atom stereocenters. The van der Waals surface area contributed by atoms with E-state index < -0.39 is 0 Å². The molecule has 0 fully saturated rings. The molecule has 3 nitrogen and oxygen atoms in total. The van der Waals surface area contributed by atoms with E-state index in [0.717, 1.165) is 32.5 Å². The Bertz CT molecular complexity index is 1930. The van der Waals surface area contributed by atoms with E-state index in [1.165, 1.54) is 24.9 Å². The van der Waals surface area contributed by atoms with Crippen LogP contribution in [0.4, 0.5) is 0 Å². The molecule has 38 heavy (non-hydrogen) atoms. The van der Waals surface area contributed by atoms with Gasteiger partial charge in [-0.1, -0.05) is 0 Å². The number of hydrogen-bond donors (Lipinski definition) is 0. The van der Waals surface area contributed by atoms with Gasteiger partial charge < -0.3 is 0 Å². The molecule has 7 aromatic rings. The van der Waals surface area contributed by atoms with E-state index in [-0.39, 0.29) is 14.5 Å². The number of rotatable bonds is 4. The van der Waals surface area contributed by atoms with Crippen molar-refractivity contribution in [3.8, 4) is 45.3 Å². The van der Waals surface area contributed by atoms with Crippen LogP contribution in [0.25, 0.3) is 64.6 Å². The summed E-state index contributed by atoms with van der Waals surface area (Å²) >= 11 is 2.93. The maximum absolute atomic E-state index is 5.11. The van der Waals surface area contributed by atoms with Crippen LogP contribution in [0.15, 0.2) is 121 Å². The Kier molecular flexibility index (Phi) is 6.00. The molecule has 0 saturated heterocycles. The third kappa shape index (κ3) is 4.11. The van der Waals surface area contributed by atoms with E-state index >= 15 is 0 Å². The van der Waals surface area contributed by atoms with Gasteiger partial charge in [0.25, 0.3) is 0 Å². The zero-order chi connectivity index (χ0) is 25.5. The van der Waals surface area contributed by atoms with Crippen LogP contribution in [0.3, 0.4) is 0 Å². The Morgan fingerprint density at radius 2 is 1.00 bits per heavy atom. The van der Waals surface area contributed by atoms with Crippen molar-refractivity contribution in [2.24, 2.45) is 0 Å². The van der Waals surface area contributed by atoms with Crippen LogP contribution in [0.1, 0.15) is 0 Å². The Morgan fingerprint density at radius 1 is 0.447 bits per heavy atom. The molecule has 0 aliphatic heterocycles. The molecule has 7 rings (SSSR count). The fourth-order valence-corrected chi connectivity index (χ4v) is 8.17. The molecule has 0 spiro atoms. The van der Waals surface area contributed by atoms with Crippen molar-refractivity contribution in [2.75, 3.05) is 0 Å². The van der Waals surface area contributed by atoms with Crippen molar-refractivity contribution in [3.63, 3.8) is 0 Å². The van der Waals surface area contributed by atoms with Gasteiger partial charge in [0.15, 0.2) is 0 Å². The first-order valence-corrected chi connectivity index (χ1v) is 15.0. The molecule has 0 bridgehead atoms. The zero-order valence-electron chi connectivity index (χ0n) is 20.2. The second-order valence-corrected chi connectivity index (χ2v) is 12.2. The first kappa shape index (κ1) is 23.3. The molecule has 0 aliphatic rings. The quantitative estimate of drug-likeness (QED) is 0.214. The van der Waals surface area contributed by atoms with Gasteiger partial charge >= 0.3 is 236 Å². The molecule has 0 N–H and O–H groups in total. The molecule has 0 radical (unpaired) electrons. The molecule has 0 amide bonds. The summed E-state index contributed by atoms with van der Waals surface area (Å²) in [4.78, 5) is 15.1. The summed E-state index contributed by atoms with van der Waals surface area (Å²) in [6.45, 7) is 0. The summed E-state index contributed by atoms with van der Waals surface area (Å²) in [6, 6.07) is 42.2. The van der Waals surface area contributed by atoms with Crippen LogP contribution >= 0.6 is 0 Å². The molecular weight excluding hydrogens is 596 g/mol. The monoisotopic (exact) mass is 619 g/mol. The normalized spacial score (nSPS) is 11.3. The van der Waals surface area contributed by atoms with Gasteiger partial charge in [-0.15, -0.1) is 0 Å². The zero-order valence-corrected chi connectivity index (χ0v) is 23.8. The van der Waals surface area contributed by atoms with E-state index in [2.05, 4.69) is 113 Å². The van der Waals surface area contributed by atoms with Crippen molar-refractivity contribution >= 4 is 54.3 Å². The van der Waals surface area contributed by atoms with Gasteiger partial charge in [-0.05, 0) is 0 Å². The Hall–Kier alpha value is -3.85. The average Bonchev–Trinajstić information content (AvgIpc) is 3.37. The predicted molar refractivity (Wildman–Crippen MR) is 160 cm³/mol. The van der Waals surface area contributed by atoms with Gasteiger partial charge in [0, 0.05) is 0 Å². The molecule has 0 atom stereocenters. The molecule has 2 heterocycles. The second kappa shape index (κ2) is 9.79. The average molecular weight is 617 g/mol. The van der Waals surface area contributed by atoms with E-state index in [1.54, 1.807) is 0 Å². The Morgan fingerprint density at radius 3 is 1.79 bits per heavy atom. The van der Waals surface area contributed by atoms with Crippen LogP contribution in [0, 0.1) is 0 Å². The van der Waals surface area contributed by atoms with Gasteiger partial charge in [0.1, 0.15) is 0 Å². The first-order chi connectivity index (χ1) is 18.8. The molecule has 0 saturated carbocycles. The fraction of sp³-hybridized carbons (Fsp3) is 0. The number of aromatic nitrogens is 3. The Labute approximate surface area is 234 Å². The van der Waals surface area contributed by atoms with Crippen molar-refractivity contribution in [3.05, 3.63) is 121 Å². The fourth-order valence-electron chi connectivity index (χ4n) is 4.83. The molecular formula is C33H21N3Se2. The van der Waals surface area contributed by atoms with Gasteiger partial charge in [-0.2, -0.15) is 0 Å². The van der Waals surface area contributed by atoms with E-state index in [1.807, 2.05) is 24.3 Å². The molecule has 5 aromatic carbocycles. The summed E-state index contributed by atoms with van der Waals surface area (Å²) < 4.78 is 3.84. The van der Waals surface area contributed by atoms with Crippen LogP contribution in [-0.4, -0.2) is 45.5 Å². The molecule has 2 aromatic heterocycles. The number of nitrogens with zero attached hydrogens (tertiary/aromatic N) is 3. The number of hydrogen-bond acceptors (Lipinski definition) is 3. The molecule has 5 heteroatoms. The summed E-state index contributed by atoms with van der Waals surface area (Å²) in [5, 5.41) is 2.62. The first-order valence-electron chi connectivity index (χ1n) is 12.4. The minimum absolute atomic E-state index is 0.197. The molecule has 180 valence electrons. The third-order valence-corrected chi connectivity index (χ3v) is 10.2. The van der Waals surface area contributed by atoms with Gasteiger partial charge in [0.2, 0.25) is 0 Å². The van der Waals surface area contributed by atoms with Crippen LogP contribution < -0.4 is 4.46 Å². The van der Waals surface area contributed by atoms with Gasteiger partial charge in [-0.25, -0.2) is 0 Å². The van der Waals surface area contributed by atoms with Crippen molar-refractivity contribution in [1.82, 2.24) is 15.0 Å². The van der Waals surface area contributed by atoms with Gasteiger partial charge in [-0.3, -0.25) is 0 Å². The van der Waals surface area contributed by atoms with Crippen molar-refractivity contribution in [1.29, 1.82) is 0 Å². The van der Waals surface area contributed by atoms with Crippen LogP contribution in [-0.2, 0) is 0 Å². The topological polar surface area (TPSA) is 38.7 Å². The van der Waals surface area contributed by atoms with Crippen LogP contribution in [0.2, 0.25) is 0 Å². The van der Waals surface area contributed by atoms with Gasteiger partial charge in [0.05, 0.1) is 0 Å². The van der Waals surface area contributed by atoms with Crippen molar-refractivity contribution in [2.45, 2.75) is 0 Å². The molecule has 0 aliphatic carbocycles. The predicted octanol–water partition coefficient (Wildman–Crippen LogP) is 6.43. The third-order valence-electron chi connectivity index (χ3n) is 6.67. The van der Waals surface area contributed by atoms with Crippen LogP contribution in [0.5, 0.6) is 0 Å². The van der Waals surface area contributed by atoms with E-state index in [0.29, 0.717) is 11.6 Å². The van der Waals surface area contributed by atoms with Crippen molar-refractivity contribution < 1.29 is 0 Å². The number of fused-ring (bicyclic) bond motifs is 3. The number of benzene rings is 5.